The van der Waals surface area contributed by atoms with Gasteiger partial charge in [-0.05, 0) is 47.6 Å². The smallest absolute Gasteiger partial charge is 0.0571 e. The van der Waals surface area contributed by atoms with Crippen LogP contribution in [0.5, 0.6) is 0 Å². The van der Waals surface area contributed by atoms with Crippen LogP contribution < -0.4 is 5.73 Å². The van der Waals surface area contributed by atoms with Gasteiger partial charge in [-0.3, -0.25) is 4.98 Å². The Morgan fingerprint density at radius 1 is 0.840 bits per heavy atom. The van der Waals surface area contributed by atoms with Crippen LogP contribution in [0, 0.1) is 0 Å². The number of benzene rings is 2. The molecule has 25 heavy (non-hydrogen) atoms. The van der Waals surface area contributed by atoms with Crippen molar-refractivity contribution in [3.05, 3.63) is 107 Å². The molecule has 2 aromatic carbocycles. The van der Waals surface area contributed by atoms with E-state index in [2.05, 4.69) is 77.8 Å². The number of aromatic nitrogens is 1. The summed E-state index contributed by atoms with van der Waals surface area (Å²) in [6, 6.07) is 25.3. The van der Waals surface area contributed by atoms with Gasteiger partial charge in [0.25, 0.3) is 0 Å². The Morgan fingerprint density at radius 2 is 1.48 bits per heavy atom. The van der Waals surface area contributed by atoms with E-state index in [1.54, 1.807) is 0 Å². The summed E-state index contributed by atoms with van der Waals surface area (Å²) in [6.07, 6.45) is 7.28. The number of allylic oxidation sites excluding steroid dienone is 1. The van der Waals surface area contributed by atoms with Gasteiger partial charge in [-0.15, -0.1) is 0 Å². The summed E-state index contributed by atoms with van der Waals surface area (Å²) < 4.78 is 0. The average molecular weight is 328 g/mol. The lowest BCUT2D eigenvalue weighted by Crippen LogP contribution is -2.04. The van der Waals surface area contributed by atoms with E-state index in [-0.39, 0.29) is 0 Å². The van der Waals surface area contributed by atoms with E-state index in [0.29, 0.717) is 6.54 Å². The molecule has 0 unspecified atom stereocenters. The molecule has 0 amide bonds. The Bertz CT molecular complexity index is 766. The van der Waals surface area contributed by atoms with E-state index in [1.165, 1.54) is 22.3 Å². The van der Waals surface area contributed by atoms with E-state index in [0.717, 1.165) is 25.0 Å². The fourth-order valence-electron chi connectivity index (χ4n) is 3.06. The van der Waals surface area contributed by atoms with Crippen molar-refractivity contribution in [3.63, 3.8) is 0 Å². The van der Waals surface area contributed by atoms with Crippen molar-refractivity contribution in [3.8, 4) is 0 Å². The molecule has 2 N–H and O–H groups in total. The first-order chi connectivity index (χ1) is 12.4. The van der Waals surface area contributed by atoms with Crippen LogP contribution in [0.15, 0.2) is 85.1 Å². The quantitative estimate of drug-likeness (QED) is 0.620. The van der Waals surface area contributed by atoms with Gasteiger partial charge in [0.15, 0.2) is 0 Å². The van der Waals surface area contributed by atoms with Crippen molar-refractivity contribution >= 4 is 5.57 Å². The predicted molar refractivity (Wildman–Crippen MR) is 105 cm³/mol. The van der Waals surface area contributed by atoms with Crippen LogP contribution in [-0.4, -0.2) is 4.98 Å². The van der Waals surface area contributed by atoms with Crippen molar-refractivity contribution in [2.45, 2.75) is 25.8 Å². The second-order valence-electron chi connectivity index (χ2n) is 6.06. The van der Waals surface area contributed by atoms with Gasteiger partial charge in [0.1, 0.15) is 0 Å². The number of hydrogen-bond donors (Lipinski definition) is 1. The van der Waals surface area contributed by atoms with Crippen molar-refractivity contribution in [1.82, 2.24) is 4.98 Å². The van der Waals surface area contributed by atoms with Crippen LogP contribution in [0.3, 0.4) is 0 Å². The topological polar surface area (TPSA) is 38.9 Å². The second-order valence-corrected chi connectivity index (χ2v) is 6.06. The molecule has 3 rings (SSSR count). The summed E-state index contributed by atoms with van der Waals surface area (Å²) in [4.78, 5) is 4.37. The molecule has 0 fully saturated rings. The Labute approximate surface area is 150 Å². The number of pyridine rings is 1. The van der Waals surface area contributed by atoms with E-state index < -0.39 is 0 Å². The monoisotopic (exact) mass is 328 g/mol. The zero-order chi connectivity index (χ0) is 17.3. The number of hydrogen-bond acceptors (Lipinski definition) is 2. The fraction of sp³-hybridized carbons (Fsp3) is 0.174. The molecule has 1 aromatic heterocycles. The molecule has 0 saturated heterocycles. The van der Waals surface area contributed by atoms with Crippen LogP contribution in [0.2, 0.25) is 0 Å². The maximum Gasteiger partial charge on any atom is 0.0571 e. The molecule has 126 valence electrons. The van der Waals surface area contributed by atoms with Gasteiger partial charge in [-0.2, -0.15) is 0 Å². The lowest BCUT2D eigenvalue weighted by molar-refractivity contribution is 0.815. The lowest BCUT2D eigenvalue weighted by atomic mass is 9.96. The van der Waals surface area contributed by atoms with E-state index in [4.69, 9.17) is 5.73 Å². The average Bonchev–Trinajstić information content (AvgIpc) is 2.69. The minimum Gasteiger partial charge on any atom is -0.325 e. The van der Waals surface area contributed by atoms with Crippen LogP contribution in [0.1, 0.15) is 35.2 Å². The fourth-order valence-corrected chi connectivity index (χ4v) is 3.06. The minimum absolute atomic E-state index is 0.505. The van der Waals surface area contributed by atoms with Gasteiger partial charge in [-0.1, -0.05) is 72.8 Å². The van der Waals surface area contributed by atoms with Gasteiger partial charge in [0.05, 0.1) is 5.69 Å². The van der Waals surface area contributed by atoms with Crippen molar-refractivity contribution in [2.75, 3.05) is 0 Å². The number of nitrogens with zero attached hydrogens (tertiary/aromatic N) is 1. The van der Waals surface area contributed by atoms with Gasteiger partial charge >= 0.3 is 0 Å². The number of rotatable bonds is 7. The van der Waals surface area contributed by atoms with Crippen LogP contribution in [0.25, 0.3) is 5.57 Å². The van der Waals surface area contributed by atoms with Gasteiger partial charge in [0, 0.05) is 12.7 Å². The SMILES string of the molecule is NCc1ncccc1CCCC=C(c1ccccc1)c1ccccc1. The Hall–Kier alpha value is -2.71. The van der Waals surface area contributed by atoms with Gasteiger partial charge in [-0.25, -0.2) is 0 Å². The van der Waals surface area contributed by atoms with Crippen LogP contribution >= 0.6 is 0 Å². The number of aryl methyl sites for hydroxylation is 1. The Balaban J connectivity index is 1.74. The van der Waals surface area contributed by atoms with Crippen molar-refractivity contribution in [1.29, 1.82) is 0 Å². The van der Waals surface area contributed by atoms with Gasteiger partial charge in [0.2, 0.25) is 0 Å². The standard InChI is InChI=1S/C23H24N2/c24-18-23-21(15-9-17-25-23)14-7-8-16-22(19-10-3-1-4-11-19)20-12-5-2-6-13-20/h1-6,9-13,15-17H,7-8,14,18,24H2. The molecule has 0 aliphatic rings. The summed E-state index contributed by atoms with van der Waals surface area (Å²) in [6.45, 7) is 0.505. The van der Waals surface area contributed by atoms with Crippen molar-refractivity contribution in [2.24, 2.45) is 5.73 Å². The third-order valence-electron chi connectivity index (χ3n) is 4.35. The van der Waals surface area contributed by atoms with Gasteiger partial charge < -0.3 is 5.73 Å². The summed E-state index contributed by atoms with van der Waals surface area (Å²) in [5.41, 5.74) is 11.9. The first kappa shape index (κ1) is 17.1. The first-order valence-corrected chi connectivity index (χ1v) is 8.82. The lowest BCUT2D eigenvalue weighted by Gasteiger charge is -2.09. The molecule has 0 radical (unpaired) electrons. The number of unbranched alkanes of at least 4 members (excludes halogenated alkanes) is 1. The molecule has 0 aliphatic heterocycles. The van der Waals surface area contributed by atoms with E-state index >= 15 is 0 Å². The predicted octanol–water partition coefficient (Wildman–Crippen LogP) is 4.99. The molecule has 2 heteroatoms. The van der Waals surface area contributed by atoms with Crippen LogP contribution in [0.4, 0.5) is 0 Å². The van der Waals surface area contributed by atoms with Crippen LogP contribution in [-0.2, 0) is 13.0 Å². The Morgan fingerprint density at radius 3 is 2.08 bits per heavy atom. The second kappa shape index (κ2) is 8.95. The number of nitrogens with two attached hydrogens (primary N) is 1. The summed E-state index contributed by atoms with van der Waals surface area (Å²) in [5.74, 6) is 0. The van der Waals surface area contributed by atoms with E-state index in [9.17, 15) is 0 Å². The largest absolute Gasteiger partial charge is 0.325 e. The maximum absolute atomic E-state index is 5.78. The highest BCUT2D eigenvalue weighted by Crippen LogP contribution is 2.24. The van der Waals surface area contributed by atoms with Crippen molar-refractivity contribution < 1.29 is 0 Å². The zero-order valence-corrected chi connectivity index (χ0v) is 14.4. The third-order valence-corrected chi connectivity index (χ3v) is 4.35. The molecule has 0 spiro atoms. The normalized spacial score (nSPS) is 10.4. The minimum atomic E-state index is 0.505. The summed E-state index contributed by atoms with van der Waals surface area (Å²) in [5, 5.41) is 0. The summed E-state index contributed by atoms with van der Waals surface area (Å²) in [7, 11) is 0. The first-order valence-electron chi connectivity index (χ1n) is 8.82. The molecule has 2 nitrogen and oxygen atoms in total. The molecule has 0 atom stereocenters. The highest BCUT2D eigenvalue weighted by molar-refractivity contribution is 5.79. The molecule has 0 aliphatic carbocycles. The summed E-state index contributed by atoms with van der Waals surface area (Å²) >= 11 is 0. The zero-order valence-electron chi connectivity index (χ0n) is 14.4. The molecule has 0 saturated carbocycles. The molecular formula is C23H24N2. The maximum atomic E-state index is 5.78. The third kappa shape index (κ3) is 4.65. The van der Waals surface area contributed by atoms with E-state index in [1.807, 2.05) is 12.3 Å². The molecule has 0 bridgehead atoms. The highest BCUT2D eigenvalue weighted by Gasteiger charge is 2.05. The molecule has 1 heterocycles. The Kier molecular flexibility index (Phi) is 6.13. The molecule has 3 aromatic rings. The molecular weight excluding hydrogens is 304 g/mol. The highest BCUT2D eigenvalue weighted by atomic mass is 14.7.